The zero-order valence-electron chi connectivity index (χ0n) is 65.0. The van der Waals surface area contributed by atoms with Gasteiger partial charge in [0, 0.05) is 86.5 Å². The lowest BCUT2D eigenvalue weighted by Crippen LogP contribution is -2.32. The molecule has 5 aromatic carbocycles. The molecule has 3 aliphatic carbocycles. The normalized spacial score (nSPS) is 13.9. The Bertz CT molecular complexity index is 4300. The summed E-state index contributed by atoms with van der Waals surface area (Å²) in [5.74, 6) is 4.42. The van der Waals surface area contributed by atoms with Crippen LogP contribution in [0.1, 0.15) is 216 Å². The van der Waals surface area contributed by atoms with Crippen LogP contribution in [0.25, 0.3) is 56.3 Å². The number of hydrogen-bond acceptors (Lipinski definition) is 0. The molecule has 13 rings (SSSR count). The molecule has 5 aromatic heterocycles. The fraction of sp³-hybridized carbons (Fsp3) is 0.421. The average molecular weight is 1340 g/mol. The Hall–Kier alpha value is -8.15. The maximum absolute atomic E-state index is 2.44. The van der Waals surface area contributed by atoms with Crippen molar-refractivity contribution in [2.24, 2.45) is 53.0 Å². The van der Waals surface area contributed by atoms with E-state index in [0.717, 1.165) is 43.4 Å². The maximum Gasteiger partial charge on any atom is 0.212 e. The van der Waals surface area contributed by atoms with Crippen molar-refractivity contribution < 1.29 is 22.8 Å². The summed E-state index contributed by atoms with van der Waals surface area (Å²) in [6, 6.07) is 59.8. The molecule has 5 heterocycles. The van der Waals surface area contributed by atoms with Crippen molar-refractivity contribution in [3.8, 4) is 56.3 Å². The zero-order chi connectivity index (χ0) is 71.6. The van der Waals surface area contributed by atoms with E-state index in [2.05, 4.69) is 343 Å². The molecule has 0 unspecified atom stereocenters. The first kappa shape index (κ1) is 76.0. The van der Waals surface area contributed by atoms with E-state index in [1.165, 1.54) is 200 Å². The fourth-order valence-electron chi connectivity index (χ4n) is 16.1. The molecule has 0 N–H and O–H groups in total. The lowest BCUT2D eigenvalue weighted by atomic mass is 9.92. The molecule has 10 aromatic rings. The molecule has 100 heavy (non-hydrogen) atoms. The lowest BCUT2D eigenvalue weighted by Gasteiger charge is -2.14. The van der Waals surface area contributed by atoms with Crippen LogP contribution in [0, 0.1) is 59.3 Å². The van der Waals surface area contributed by atoms with Gasteiger partial charge in [-0.25, -0.2) is 22.8 Å². The Morgan fingerprint density at radius 2 is 0.630 bits per heavy atom. The number of aromatic nitrogens is 5. The van der Waals surface area contributed by atoms with Gasteiger partial charge in [-0.05, 0) is 228 Å². The van der Waals surface area contributed by atoms with Crippen LogP contribution in [0.5, 0.6) is 0 Å². The van der Waals surface area contributed by atoms with Crippen molar-refractivity contribution >= 4 is 0 Å². The van der Waals surface area contributed by atoms with E-state index in [4.69, 9.17) is 0 Å². The zero-order valence-corrected chi connectivity index (χ0v) is 65.0. The Morgan fingerprint density at radius 3 is 1.03 bits per heavy atom. The fourth-order valence-corrected chi connectivity index (χ4v) is 16.1. The number of aryl methyl sites for hydroxylation is 12. The Labute approximate surface area is 606 Å². The number of nitrogens with zero attached hydrogens (tertiary/aromatic N) is 5. The number of rotatable bonds is 15. The molecular weight excluding hydrogens is 1210 g/mol. The summed E-state index contributed by atoms with van der Waals surface area (Å²) >= 11 is 0. The number of pyridine rings is 5. The first-order valence-corrected chi connectivity index (χ1v) is 38.4. The second kappa shape index (κ2) is 36.5. The lowest BCUT2D eigenvalue weighted by molar-refractivity contribution is -0.661. The van der Waals surface area contributed by atoms with Crippen LogP contribution in [-0.4, -0.2) is 0 Å². The van der Waals surface area contributed by atoms with Gasteiger partial charge >= 0.3 is 0 Å². The minimum absolute atomic E-state index is 0.684. The summed E-state index contributed by atoms with van der Waals surface area (Å²) in [7, 11) is 10.8. The van der Waals surface area contributed by atoms with Gasteiger partial charge in [-0.15, -0.1) is 0 Å². The van der Waals surface area contributed by atoms with E-state index in [1.807, 2.05) is 0 Å². The largest absolute Gasteiger partial charge is 0.212 e. The van der Waals surface area contributed by atoms with E-state index in [-0.39, 0.29) is 0 Å². The van der Waals surface area contributed by atoms with Crippen molar-refractivity contribution in [1.82, 2.24) is 0 Å². The molecule has 524 valence electrons. The quantitative estimate of drug-likeness (QED) is 0.0912. The van der Waals surface area contributed by atoms with Crippen molar-refractivity contribution in [2.45, 2.75) is 210 Å². The third-order valence-corrected chi connectivity index (χ3v) is 21.6. The monoisotopic (exact) mass is 1330 g/mol. The van der Waals surface area contributed by atoms with Crippen LogP contribution in [0.2, 0.25) is 0 Å². The molecule has 0 radical (unpaired) electrons. The van der Waals surface area contributed by atoms with Gasteiger partial charge < -0.3 is 0 Å². The highest BCUT2D eigenvalue weighted by atomic mass is 14.9. The van der Waals surface area contributed by atoms with Crippen molar-refractivity contribution in [3.05, 3.63) is 267 Å². The molecular formula is C95H124N5+5. The Balaban J connectivity index is 0.000000146. The second-order valence-electron chi connectivity index (χ2n) is 31.1. The van der Waals surface area contributed by atoms with Gasteiger partial charge in [-0.3, -0.25) is 0 Å². The average Bonchev–Trinajstić information content (AvgIpc) is 1.24. The molecule has 0 aliphatic heterocycles. The second-order valence-corrected chi connectivity index (χ2v) is 31.1. The first-order chi connectivity index (χ1) is 48.1. The van der Waals surface area contributed by atoms with Gasteiger partial charge in [0.05, 0.1) is 0 Å². The van der Waals surface area contributed by atoms with Gasteiger partial charge in [0.25, 0.3) is 0 Å². The molecule has 5 nitrogen and oxygen atoms in total. The van der Waals surface area contributed by atoms with Crippen LogP contribution in [0.3, 0.4) is 0 Å². The third kappa shape index (κ3) is 20.1. The molecule has 0 bridgehead atoms. The van der Waals surface area contributed by atoms with Gasteiger partial charge in [-0.1, -0.05) is 178 Å². The topological polar surface area (TPSA) is 19.4 Å². The highest BCUT2D eigenvalue weighted by Gasteiger charge is 2.27. The van der Waals surface area contributed by atoms with Crippen molar-refractivity contribution in [3.63, 3.8) is 0 Å². The molecule has 5 heteroatoms. The minimum atomic E-state index is 0.684. The smallest absolute Gasteiger partial charge is 0.201 e. The van der Waals surface area contributed by atoms with E-state index in [1.54, 1.807) is 5.56 Å². The van der Waals surface area contributed by atoms with Crippen molar-refractivity contribution in [1.29, 1.82) is 0 Å². The van der Waals surface area contributed by atoms with Gasteiger partial charge in [0.2, 0.25) is 28.5 Å². The van der Waals surface area contributed by atoms with Crippen molar-refractivity contribution in [2.75, 3.05) is 0 Å². The molecule has 3 fully saturated rings. The summed E-state index contributed by atoms with van der Waals surface area (Å²) in [4.78, 5) is 0. The summed E-state index contributed by atoms with van der Waals surface area (Å²) in [6.07, 6.45) is 32.6. The van der Waals surface area contributed by atoms with E-state index in [9.17, 15) is 0 Å². The SMILES string of the molecule is CCc1cc(-c2ccccc2C)[n+](C)cc1CC(C)C.Cc1ccccc1-c1cc(C2CCCC2)c(C)c[n+]1C.Cc1ccccc1-c1cc(C2CCCC2)cc[n+]1C.Cc1ccccc1-c1cc(CC(C)C)c(CC(C)C)c[n+]1C.Cc1ccccc1-c1ccc(C2CCCC2)c[n+]1C. The number of hydrogen-bond donors (Lipinski definition) is 0. The molecule has 3 saturated carbocycles. The minimum Gasteiger partial charge on any atom is -0.201 e. The highest BCUT2D eigenvalue weighted by molar-refractivity contribution is 5.65. The van der Waals surface area contributed by atoms with Gasteiger partial charge in [-0.2, -0.15) is 0 Å². The van der Waals surface area contributed by atoms with E-state index in [0.29, 0.717) is 17.8 Å². The highest BCUT2D eigenvalue weighted by Crippen LogP contribution is 2.39. The predicted octanol–water partition coefficient (Wildman–Crippen LogP) is 21.9. The van der Waals surface area contributed by atoms with E-state index < -0.39 is 0 Å². The standard InChI is InChI=1S/C21H30N.C19H24N.C19H26N.2C18H22N/c1-15(2)11-18-13-21(20-10-8-7-9-17(20)5)22(6)14-19(18)12-16(3)4;1-14-8-4-7-11-17(14)19-12-18(15(2)13-20(19)3)16-9-5-6-10-16;1-6-16-12-19(18-10-8-7-9-15(18)4)20(5)13-17(16)11-14(2)3;1-14-7-3-6-10-17(14)18-13-16(11-12-19(18)2)15-8-4-5-9-15;1-14-7-3-6-10-17(14)18-12-11-16(13-19(18)2)15-8-4-5-9-15/h7-10,13-16H,11-12H2,1-6H3;4,7-8,11-13,16H,5-6,9-10H2,1-3H3;7-10,12-14H,6,11H2,1-5H3;2*3,6-7,10-13,15H,4-5,8-9H2,1-2H3/q5*+1. The summed E-state index contributed by atoms with van der Waals surface area (Å²) < 4.78 is 11.4. The summed E-state index contributed by atoms with van der Waals surface area (Å²) in [5, 5.41) is 0. The van der Waals surface area contributed by atoms with Gasteiger partial charge in [0.15, 0.2) is 31.0 Å². The van der Waals surface area contributed by atoms with Crippen LogP contribution >= 0.6 is 0 Å². The Kier molecular flexibility index (Phi) is 27.7. The van der Waals surface area contributed by atoms with Crippen LogP contribution in [-0.2, 0) is 60.9 Å². The number of benzene rings is 5. The third-order valence-electron chi connectivity index (χ3n) is 21.6. The molecule has 3 aliphatic rings. The van der Waals surface area contributed by atoms with E-state index >= 15 is 0 Å². The maximum atomic E-state index is 2.44. The summed E-state index contributed by atoms with van der Waals surface area (Å²) in [5.41, 5.74) is 32.1. The molecule has 0 atom stereocenters. The summed E-state index contributed by atoms with van der Waals surface area (Å²) in [6.45, 7) is 29.2. The van der Waals surface area contributed by atoms with Crippen LogP contribution < -0.4 is 22.8 Å². The molecule has 0 saturated heterocycles. The first-order valence-electron chi connectivity index (χ1n) is 38.4. The van der Waals surface area contributed by atoms with Gasteiger partial charge in [0.1, 0.15) is 35.2 Å². The molecule has 0 amide bonds. The van der Waals surface area contributed by atoms with Crippen LogP contribution in [0.4, 0.5) is 0 Å². The molecule has 0 spiro atoms. The Morgan fingerprint density at radius 1 is 0.300 bits per heavy atom. The predicted molar refractivity (Wildman–Crippen MR) is 422 cm³/mol. The van der Waals surface area contributed by atoms with Crippen LogP contribution in [0.15, 0.2) is 195 Å².